The molecule has 5 heteroatoms. The van der Waals surface area contributed by atoms with Crippen LogP contribution < -0.4 is 4.74 Å². The van der Waals surface area contributed by atoms with Crippen molar-refractivity contribution in [3.05, 3.63) is 107 Å². The normalized spacial score (nSPS) is 10.9. The van der Waals surface area contributed by atoms with Crippen molar-refractivity contribution < 1.29 is 19.0 Å². The number of pyridine rings is 1. The summed E-state index contributed by atoms with van der Waals surface area (Å²) in [6, 6.07) is 25.4. The molecule has 0 amide bonds. The summed E-state index contributed by atoms with van der Waals surface area (Å²) < 4.78 is 16.4. The Morgan fingerprint density at radius 1 is 0.875 bits per heavy atom. The van der Waals surface area contributed by atoms with Crippen molar-refractivity contribution in [3.63, 3.8) is 0 Å². The second-order valence-corrected chi connectivity index (χ2v) is 7.37. The fraction of sp³-hybridized carbons (Fsp3) is 0.185. The molecule has 0 radical (unpaired) electrons. The van der Waals surface area contributed by atoms with Crippen molar-refractivity contribution in [1.29, 1.82) is 0 Å². The van der Waals surface area contributed by atoms with E-state index in [0.717, 1.165) is 17.4 Å². The number of rotatable bonds is 10. The molecule has 0 saturated heterocycles. The van der Waals surface area contributed by atoms with Gasteiger partial charge in [-0.2, -0.15) is 0 Å². The van der Waals surface area contributed by atoms with E-state index in [-0.39, 0.29) is 12.6 Å². The van der Waals surface area contributed by atoms with Gasteiger partial charge in [0, 0.05) is 24.3 Å². The Morgan fingerprint density at radius 3 is 2.56 bits per heavy atom. The monoisotopic (exact) mass is 427 g/mol. The first kappa shape index (κ1) is 21.7. The Morgan fingerprint density at radius 2 is 1.72 bits per heavy atom. The summed E-state index contributed by atoms with van der Waals surface area (Å²) in [5.74, 6) is 0.318. The first-order valence-electron chi connectivity index (χ1n) is 10.5. The molecule has 0 aliphatic carbocycles. The Kier molecular flexibility index (Phi) is 7.23. The minimum absolute atomic E-state index is 0.00732. The van der Waals surface area contributed by atoms with Gasteiger partial charge < -0.3 is 14.2 Å². The summed E-state index contributed by atoms with van der Waals surface area (Å²) in [6.45, 7) is 0.879. The molecule has 3 aromatic carbocycles. The summed E-state index contributed by atoms with van der Waals surface area (Å²) >= 11 is 0. The van der Waals surface area contributed by atoms with Gasteiger partial charge in [0.15, 0.2) is 18.3 Å². The third kappa shape index (κ3) is 5.19. The number of fused-ring (bicyclic) bond motifs is 1. The van der Waals surface area contributed by atoms with Crippen molar-refractivity contribution in [2.24, 2.45) is 0 Å². The predicted octanol–water partition coefficient (Wildman–Crippen LogP) is 5.06. The fourth-order valence-electron chi connectivity index (χ4n) is 3.55. The molecule has 4 aromatic rings. The van der Waals surface area contributed by atoms with Crippen molar-refractivity contribution >= 4 is 16.7 Å². The molecule has 0 unspecified atom stereocenters. The van der Waals surface area contributed by atoms with Crippen LogP contribution >= 0.6 is 0 Å². The van der Waals surface area contributed by atoms with Crippen LogP contribution in [0.1, 0.15) is 27.0 Å². The van der Waals surface area contributed by atoms with Gasteiger partial charge in [0.1, 0.15) is 5.52 Å². The molecule has 0 N–H and O–H groups in total. The lowest BCUT2D eigenvalue weighted by molar-refractivity contribution is -0.00812. The van der Waals surface area contributed by atoms with Crippen LogP contribution in [0.4, 0.5) is 0 Å². The third-order valence-corrected chi connectivity index (χ3v) is 5.13. The minimum atomic E-state index is -0.112. The molecule has 0 saturated carbocycles. The lowest BCUT2D eigenvalue weighted by Gasteiger charge is -2.14. The predicted molar refractivity (Wildman–Crippen MR) is 124 cm³/mol. The van der Waals surface area contributed by atoms with Crippen molar-refractivity contribution in [3.8, 4) is 5.75 Å². The van der Waals surface area contributed by atoms with E-state index in [1.807, 2.05) is 60.7 Å². The first-order chi connectivity index (χ1) is 15.8. The van der Waals surface area contributed by atoms with Gasteiger partial charge in [0.2, 0.25) is 0 Å². The molecule has 0 atom stereocenters. The van der Waals surface area contributed by atoms with Crippen molar-refractivity contribution in [1.82, 2.24) is 4.98 Å². The number of carbonyl (C=O) groups is 1. The van der Waals surface area contributed by atoms with E-state index in [0.29, 0.717) is 35.6 Å². The molecule has 0 bridgehead atoms. The van der Waals surface area contributed by atoms with Crippen molar-refractivity contribution in [2.45, 2.75) is 6.42 Å². The zero-order chi connectivity index (χ0) is 22.2. The Labute approximate surface area is 187 Å². The van der Waals surface area contributed by atoms with Crippen molar-refractivity contribution in [2.75, 3.05) is 27.1 Å². The number of carbonyl (C=O) groups excluding carboxylic acids is 1. The van der Waals surface area contributed by atoms with Crippen LogP contribution in [0.25, 0.3) is 10.9 Å². The maximum atomic E-state index is 13.5. The van der Waals surface area contributed by atoms with Crippen LogP contribution in [-0.4, -0.2) is 37.9 Å². The van der Waals surface area contributed by atoms with E-state index in [1.165, 1.54) is 5.56 Å². The molecule has 1 heterocycles. The Hall–Kier alpha value is -3.54. The third-order valence-electron chi connectivity index (χ3n) is 5.13. The molecular formula is C27H25NO4. The van der Waals surface area contributed by atoms with Gasteiger partial charge in [-0.3, -0.25) is 9.78 Å². The van der Waals surface area contributed by atoms with Crippen LogP contribution in [0.3, 0.4) is 0 Å². The molecular weight excluding hydrogens is 402 g/mol. The first-order valence-corrected chi connectivity index (χ1v) is 10.5. The van der Waals surface area contributed by atoms with E-state index >= 15 is 0 Å². The van der Waals surface area contributed by atoms with Crippen LogP contribution in [-0.2, 0) is 15.9 Å². The van der Waals surface area contributed by atoms with E-state index in [1.54, 1.807) is 19.4 Å². The van der Waals surface area contributed by atoms with Gasteiger partial charge in [-0.1, -0.05) is 60.7 Å². The number of benzene rings is 3. The summed E-state index contributed by atoms with van der Waals surface area (Å²) in [5.41, 5.74) is 3.98. The lowest BCUT2D eigenvalue weighted by atomic mass is 9.97. The van der Waals surface area contributed by atoms with Gasteiger partial charge in [0.25, 0.3) is 0 Å². The van der Waals surface area contributed by atoms with E-state index < -0.39 is 0 Å². The number of methoxy groups -OCH3 is 1. The summed E-state index contributed by atoms with van der Waals surface area (Å²) in [6.07, 6.45) is 2.45. The number of ketones is 1. The smallest absolute Gasteiger partial charge is 0.196 e. The Bertz CT molecular complexity index is 1190. The highest BCUT2D eigenvalue weighted by Crippen LogP contribution is 2.30. The van der Waals surface area contributed by atoms with E-state index in [2.05, 4.69) is 17.1 Å². The van der Waals surface area contributed by atoms with E-state index in [9.17, 15) is 4.79 Å². The number of aromatic nitrogens is 1. The summed E-state index contributed by atoms with van der Waals surface area (Å²) in [5, 5.41) is 0.897. The van der Waals surface area contributed by atoms with Gasteiger partial charge in [0.05, 0.1) is 18.8 Å². The van der Waals surface area contributed by atoms with Gasteiger partial charge in [-0.15, -0.1) is 0 Å². The highest BCUT2D eigenvalue weighted by atomic mass is 16.7. The molecule has 0 spiro atoms. The largest absolute Gasteiger partial charge is 0.464 e. The average Bonchev–Trinajstić information content (AvgIpc) is 2.84. The maximum absolute atomic E-state index is 13.5. The SMILES string of the molecule is COCCOCOc1c(C(=O)c2cccc(Cc3ccccc3)c2)ccc2cccnc12. The van der Waals surface area contributed by atoms with Gasteiger partial charge in [-0.25, -0.2) is 0 Å². The Balaban J connectivity index is 1.63. The molecule has 0 aliphatic rings. The van der Waals surface area contributed by atoms with Crippen LogP contribution in [0, 0.1) is 0 Å². The highest BCUT2D eigenvalue weighted by molar-refractivity contribution is 6.13. The lowest BCUT2D eigenvalue weighted by Crippen LogP contribution is -2.11. The number of nitrogens with zero attached hydrogens (tertiary/aromatic N) is 1. The van der Waals surface area contributed by atoms with Gasteiger partial charge in [-0.05, 0) is 35.7 Å². The molecule has 5 nitrogen and oxygen atoms in total. The second-order valence-electron chi connectivity index (χ2n) is 7.37. The maximum Gasteiger partial charge on any atom is 0.196 e. The highest BCUT2D eigenvalue weighted by Gasteiger charge is 2.19. The second kappa shape index (κ2) is 10.7. The van der Waals surface area contributed by atoms with Crippen LogP contribution in [0.5, 0.6) is 5.75 Å². The van der Waals surface area contributed by atoms with Crippen LogP contribution in [0.2, 0.25) is 0 Å². The number of hydrogen-bond acceptors (Lipinski definition) is 5. The standard InChI is InChI=1S/C27H25NO4/c1-30-15-16-31-19-32-27-24(13-12-22-11-6-14-28-25(22)27)26(29)23-10-5-9-21(18-23)17-20-7-3-2-4-8-20/h2-14,18H,15-17,19H2,1H3. The molecule has 162 valence electrons. The van der Waals surface area contributed by atoms with Crippen LogP contribution in [0.15, 0.2) is 85.1 Å². The quantitative estimate of drug-likeness (QED) is 0.201. The summed E-state index contributed by atoms with van der Waals surface area (Å²) in [4.78, 5) is 17.9. The topological polar surface area (TPSA) is 57.7 Å². The van der Waals surface area contributed by atoms with Gasteiger partial charge >= 0.3 is 0 Å². The minimum Gasteiger partial charge on any atom is -0.464 e. The molecule has 0 aliphatic heterocycles. The fourth-order valence-corrected chi connectivity index (χ4v) is 3.55. The zero-order valence-corrected chi connectivity index (χ0v) is 18.0. The molecule has 1 aromatic heterocycles. The summed E-state index contributed by atoms with van der Waals surface area (Å²) in [7, 11) is 1.61. The molecule has 4 rings (SSSR count). The molecule has 0 fully saturated rings. The average molecular weight is 428 g/mol. The number of ether oxygens (including phenoxy) is 3. The molecule has 32 heavy (non-hydrogen) atoms. The van der Waals surface area contributed by atoms with E-state index in [4.69, 9.17) is 14.2 Å². The zero-order valence-electron chi connectivity index (χ0n) is 18.0. The number of hydrogen-bond donors (Lipinski definition) is 0.